The molecule has 1 heterocycles. The molecule has 2 amide bonds. The van der Waals surface area contributed by atoms with Gasteiger partial charge >= 0.3 is 0 Å². The van der Waals surface area contributed by atoms with Crippen LogP contribution in [0.5, 0.6) is 0 Å². The van der Waals surface area contributed by atoms with Crippen molar-refractivity contribution in [3.8, 4) is 0 Å². The second kappa shape index (κ2) is 8.57. The van der Waals surface area contributed by atoms with Crippen LogP contribution in [0.3, 0.4) is 0 Å². The summed E-state index contributed by atoms with van der Waals surface area (Å²) in [6, 6.07) is 9.60. The van der Waals surface area contributed by atoms with Crippen LogP contribution in [-0.2, 0) is 14.8 Å². The first-order valence-electron chi connectivity index (χ1n) is 8.50. The maximum atomic E-state index is 13.4. The number of rotatable bonds is 4. The molecule has 1 atom stereocenters. The lowest BCUT2D eigenvalue weighted by atomic mass is 10.1. The van der Waals surface area contributed by atoms with Gasteiger partial charge in [0.05, 0.1) is 4.90 Å². The molecule has 2 aromatic carbocycles. The van der Waals surface area contributed by atoms with Crippen LogP contribution in [0.2, 0.25) is 0 Å². The van der Waals surface area contributed by atoms with Gasteiger partial charge in [0, 0.05) is 29.7 Å². The third-order valence-corrected chi connectivity index (χ3v) is 6.97. The average Bonchev–Trinajstić information content (AvgIpc) is 2.72. The van der Waals surface area contributed by atoms with E-state index in [1.165, 1.54) is 40.7 Å². The standard InChI is InChI=1S/C18H17BrFN3O5S/c19-13-4-6-15(7-5-13)29(27,28)23-9-8-22(11-16(23)17(24)21-26)18(25)12-2-1-3-14(20)10-12/h1-7,10,16,26H,8-9,11H2,(H,21,24). The van der Waals surface area contributed by atoms with Crippen molar-refractivity contribution in [1.82, 2.24) is 14.7 Å². The van der Waals surface area contributed by atoms with Gasteiger partial charge in [-0.05, 0) is 42.5 Å². The SMILES string of the molecule is O=C(NO)C1CN(C(=O)c2cccc(F)c2)CCN1S(=O)(=O)c1ccc(Br)cc1. The third kappa shape index (κ3) is 4.47. The van der Waals surface area contributed by atoms with Crippen LogP contribution < -0.4 is 5.48 Å². The Bertz CT molecular complexity index is 1030. The number of nitrogens with one attached hydrogen (secondary N) is 1. The predicted molar refractivity (Wildman–Crippen MR) is 104 cm³/mol. The molecule has 0 aromatic heterocycles. The number of hydrogen-bond acceptors (Lipinski definition) is 5. The molecule has 0 bridgehead atoms. The second-order valence-corrected chi connectivity index (χ2v) is 9.13. The minimum Gasteiger partial charge on any atom is -0.335 e. The lowest BCUT2D eigenvalue weighted by molar-refractivity contribution is -0.134. The van der Waals surface area contributed by atoms with E-state index in [2.05, 4.69) is 15.9 Å². The summed E-state index contributed by atoms with van der Waals surface area (Å²) in [5, 5.41) is 9.08. The van der Waals surface area contributed by atoms with Crippen LogP contribution in [0.15, 0.2) is 57.9 Å². The smallest absolute Gasteiger partial charge is 0.263 e. The molecule has 154 valence electrons. The molecule has 1 fully saturated rings. The van der Waals surface area contributed by atoms with E-state index in [-0.39, 0.29) is 30.1 Å². The summed E-state index contributed by atoms with van der Waals surface area (Å²) in [6.45, 7) is -0.463. The molecule has 1 unspecified atom stereocenters. The summed E-state index contributed by atoms with van der Waals surface area (Å²) in [4.78, 5) is 26.1. The average molecular weight is 486 g/mol. The number of benzene rings is 2. The molecule has 0 spiro atoms. The van der Waals surface area contributed by atoms with E-state index in [9.17, 15) is 22.4 Å². The molecule has 3 rings (SSSR count). The quantitative estimate of drug-likeness (QED) is 0.505. The zero-order valence-electron chi connectivity index (χ0n) is 15.0. The van der Waals surface area contributed by atoms with Crippen molar-refractivity contribution in [2.24, 2.45) is 0 Å². The molecule has 2 N–H and O–H groups in total. The van der Waals surface area contributed by atoms with Gasteiger partial charge in [0.2, 0.25) is 10.0 Å². The van der Waals surface area contributed by atoms with E-state index in [0.717, 1.165) is 10.4 Å². The van der Waals surface area contributed by atoms with Crippen LogP contribution in [0.1, 0.15) is 10.4 Å². The Balaban J connectivity index is 1.89. The van der Waals surface area contributed by atoms with E-state index >= 15 is 0 Å². The zero-order valence-corrected chi connectivity index (χ0v) is 17.4. The maximum Gasteiger partial charge on any atom is 0.263 e. The van der Waals surface area contributed by atoms with Gasteiger partial charge < -0.3 is 4.90 Å². The van der Waals surface area contributed by atoms with Crippen LogP contribution in [0.4, 0.5) is 4.39 Å². The fraction of sp³-hybridized carbons (Fsp3) is 0.222. The van der Waals surface area contributed by atoms with Gasteiger partial charge in [0.1, 0.15) is 11.9 Å². The fourth-order valence-electron chi connectivity index (χ4n) is 3.07. The Labute approximate surface area is 175 Å². The van der Waals surface area contributed by atoms with Gasteiger partial charge in [-0.3, -0.25) is 14.8 Å². The van der Waals surface area contributed by atoms with Crippen molar-refractivity contribution in [3.63, 3.8) is 0 Å². The van der Waals surface area contributed by atoms with Gasteiger partial charge in [-0.1, -0.05) is 22.0 Å². The van der Waals surface area contributed by atoms with Crippen LogP contribution in [0, 0.1) is 5.82 Å². The Hall–Kier alpha value is -2.34. The summed E-state index contributed by atoms with van der Waals surface area (Å²) in [5.74, 6) is -2.10. The molecule has 1 aliphatic heterocycles. The molecule has 8 nitrogen and oxygen atoms in total. The number of carbonyl (C=O) groups excluding carboxylic acids is 2. The number of nitrogens with zero attached hydrogens (tertiary/aromatic N) is 2. The van der Waals surface area contributed by atoms with Crippen molar-refractivity contribution in [3.05, 3.63) is 64.4 Å². The highest BCUT2D eigenvalue weighted by atomic mass is 79.9. The van der Waals surface area contributed by atoms with Crippen molar-refractivity contribution in [2.75, 3.05) is 19.6 Å². The monoisotopic (exact) mass is 485 g/mol. The van der Waals surface area contributed by atoms with Crippen molar-refractivity contribution in [1.29, 1.82) is 0 Å². The zero-order chi connectivity index (χ0) is 21.2. The van der Waals surface area contributed by atoms with E-state index in [0.29, 0.717) is 4.47 Å². The van der Waals surface area contributed by atoms with Gasteiger partial charge in [-0.25, -0.2) is 18.3 Å². The second-order valence-electron chi connectivity index (χ2n) is 6.32. The van der Waals surface area contributed by atoms with Crippen LogP contribution in [0.25, 0.3) is 0 Å². The molecule has 0 radical (unpaired) electrons. The van der Waals surface area contributed by atoms with E-state index in [1.807, 2.05) is 0 Å². The topological polar surface area (TPSA) is 107 Å². The normalized spacial score (nSPS) is 17.8. The number of sulfonamides is 1. The van der Waals surface area contributed by atoms with E-state index in [1.54, 1.807) is 12.1 Å². The largest absolute Gasteiger partial charge is 0.335 e. The first-order valence-corrected chi connectivity index (χ1v) is 10.7. The van der Waals surface area contributed by atoms with Crippen LogP contribution in [-0.4, -0.2) is 60.3 Å². The summed E-state index contributed by atoms with van der Waals surface area (Å²) in [5.41, 5.74) is 1.54. The molecule has 1 saturated heterocycles. The molecule has 11 heteroatoms. The first-order chi connectivity index (χ1) is 13.7. The Kier molecular flexibility index (Phi) is 6.32. The minimum absolute atomic E-state index is 0.000311. The van der Waals surface area contributed by atoms with Crippen molar-refractivity contribution < 1.29 is 27.6 Å². The molecule has 0 saturated carbocycles. The van der Waals surface area contributed by atoms with Gasteiger partial charge in [-0.15, -0.1) is 0 Å². The lowest BCUT2D eigenvalue weighted by Gasteiger charge is -2.39. The summed E-state index contributed by atoms with van der Waals surface area (Å²) in [6.07, 6.45) is 0. The molecular formula is C18H17BrFN3O5S. The Morgan fingerprint density at radius 1 is 1.14 bits per heavy atom. The number of piperazine rings is 1. The highest BCUT2D eigenvalue weighted by molar-refractivity contribution is 9.10. The lowest BCUT2D eigenvalue weighted by Crippen LogP contribution is -2.61. The Morgan fingerprint density at radius 2 is 1.83 bits per heavy atom. The van der Waals surface area contributed by atoms with Gasteiger partial charge in [0.15, 0.2) is 0 Å². The van der Waals surface area contributed by atoms with Gasteiger partial charge in [-0.2, -0.15) is 4.31 Å². The van der Waals surface area contributed by atoms with E-state index in [4.69, 9.17) is 5.21 Å². The summed E-state index contributed by atoms with van der Waals surface area (Å²) >= 11 is 3.23. The highest BCUT2D eigenvalue weighted by Gasteiger charge is 2.41. The number of halogens is 2. The first kappa shape index (κ1) is 21.4. The van der Waals surface area contributed by atoms with E-state index < -0.39 is 33.7 Å². The molecule has 0 aliphatic carbocycles. The number of hydrogen-bond donors (Lipinski definition) is 2. The fourth-order valence-corrected chi connectivity index (χ4v) is 4.91. The van der Waals surface area contributed by atoms with Gasteiger partial charge in [0.25, 0.3) is 11.8 Å². The maximum absolute atomic E-state index is 13.4. The molecule has 29 heavy (non-hydrogen) atoms. The number of hydroxylamine groups is 1. The summed E-state index contributed by atoms with van der Waals surface area (Å²) < 4.78 is 41.1. The summed E-state index contributed by atoms with van der Waals surface area (Å²) in [7, 11) is -4.06. The number of amides is 2. The molecular weight excluding hydrogens is 469 g/mol. The predicted octanol–water partition coefficient (Wildman–Crippen LogP) is 1.61. The van der Waals surface area contributed by atoms with Crippen molar-refractivity contribution >= 4 is 37.8 Å². The molecule has 2 aromatic rings. The van der Waals surface area contributed by atoms with Crippen molar-refractivity contribution in [2.45, 2.75) is 10.9 Å². The van der Waals surface area contributed by atoms with Crippen LogP contribution >= 0.6 is 15.9 Å². The minimum atomic E-state index is -4.06. The molecule has 1 aliphatic rings. The number of carbonyl (C=O) groups is 2. The third-order valence-electron chi connectivity index (χ3n) is 4.52. The highest BCUT2D eigenvalue weighted by Crippen LogP contribution is 2.24. The Morgan fingerprint density at radius 3 is 2.45 bits per heavy atom.